The van der Waals surface area contributed by atoms with E-state index in [4.69, 9.17) is 0 Å². The third-order valence-electron chi connectivity index (χ3n) is 3.64. The van der Waals surface area contributed by atoms with E-state index >= 15 is 0 Å². The molecule has 1 heterocycles. The number of nitrogens with one attached hydrogen (secondary N) is 1. The van der Waals surface area contributed by atoms with E-state index in [1.54, 1.807) is 12.1 Å². The van der Waals surface area contributed by atoms with Crippen LogP contribution in [0.25, 0.3) is 0 Å². The Morgan fingerprint density at radius 3 is 2.83 bits per heavy atom. The molecule has 0 bridgehead atoms. The van der Waals surface area contributed by atoms with E-state index in [9.17, 15) is 10.2 Å². The fourth-order valence-electron chi connectivity index (χ4n) is 2.53. The molecular weight excluding hydrogens is 228 g/mol. The molecule has 4 heteroatoms. The first-order valence-electron chi connectivity index (χ1n) is 6.58. The molecule has 0 aliphatic carbocycles. The number of phenolic OH excluding ortho intramolecular Hbond substituents is 2. The number of aromatic hydroxyl groups is 2. The first-order chi connectivity index (χ1) is 8.66. The van der Waals surface area contributed by atoms with Gasteiger partial charge in [0.2, 0.25) is 0 Å². The molecule has 1 aromatic rings. The van der Waals surface area contributed by atoms with Gasteiger partial charge in [-0.05, 0) is 57.1 Å². The molecule has 1 fully saturated rings. The highest BCUT2D eigenvalue weighted by Gasteiger charge is 2.17. The number of phenols is 2. The van der Waals surface area contributed by atoms with Crippen molar-refractivity contribution in [2.75, 3.05) is 20.1 Å². The van der Waals surface area contributed by atoms with Gasteiger partial charge in [-0.25, -0.2) is 0 Å². The van der Waals surface area contributed by atoms with Crippen molar-refractivity contribution in [2.45, 2.75) is 31.8 Å². The number of hydrogen-bond donors (Lipinski definition) is 3. The van der Waals surface area contributed by atoms with Crippen LogP contribution in [-0.2, 0) is 6.54 Å². The van der Waals surface area contributed by atoms with Crippen LogP contribution in [-0.4, -0.2) is 41.3 Å². The lowest BCUT2D eigenvalue weighted by Gasteiger charge is -2.26. The van der Waals surface area contributed by atoms with Gasteiger partial charge >= 0.3 is 0 Å². The van der Waals surface area contributed by atoms with Crippen LogP contribution in [0.3, 0.4) is 0 Å². The van der Waals surface area contributed by atoms with Crippen LogP contribution in [0.1, 0.15) is 24.8 Å². The van der Waals surface area contributed by atoms with Crippen LogP contribution in [0.5, 0.6) is 11.5 Å². The maximum Gasteiger partial charge on any atom is 0.157 e. The maximum atomic E-state index is 9.49. The lowest BCUT2D eigenvalue weighted by atomic mass is 10.1. The second-order valence-electron chi connectivity index (χ2n) is 5.07. The first kappa shape index (κ1) is 13.2. The summed E-state index contributed by atoms with van der Waals surface area (Å²) < 4.78 is 0. The highest BCUT2D eigenvalue weighted by atomic mass is 16.3. The van der Waals surface area contributed by atoms with Gasteiger partial charge in [-0.1, -0.05) is 6.07 Å². The molecule has 18 heavy (non-hydrogen) atoms. The molecule has 0 radical (unpaired) electrons. The van der Waals surface area contributed by atoms with Crippen molar-refractivity contribution in [1.82, 2.24) is 10.2 Å². The molecule has 1 unspecified atom stereocenters. The van der Waals surface area contributed by atoms with E-state index in [2.05, 4.69) is 17.3 Å². The zero-order chi connectivity index (χ0) is 13.0. The fraction of sp³-hybridized carbons (Fsp3) is 0.571. The van der Waals surface area contributed by atoms with E-state index in [1.807, 2.05) is 6.07 Å². The van der Waals surface area contributed by atoms with Gasteiger partial charge in [-0.2, -0.15) is 0 Å². The second-order valence-corrected chi connectivity index (χ2v) is 5.07. The smallest absolute Gasteiger partial charge is 0.157 e. The van der Waals surface area contributed by atoms with Gasteiger partial charge in [0.05, 0.1) is 0 Å². The molecule has 2 rings (SSSR count). The Kier molecular flexibility index (Phi) is 4.44. The Balaban J connectivity index is 1.96. The quantitative estimate of drug-likeness (QED) is 0.714. The van der Waals surface area contributed by atoms with Gasteiger partial charge in [-0.15, -0.1) is 0 Å². The van der Waals surface area contributed by atoms with Crippen LogP contribution in [0, 0.1) is 0 Å². The standard InChI is InChI=1S/C14H22N2O2/c1-16(12-3-2-7-15-8-6-12)10-11-4-5-13(17)14(18)9-11/h4-5,9,12,15,17-18H,2-3,6-8,10H2,1H3. The Labute approximate surface area is 108 Å². The topological polar surface area (TPSA) is 55.7 Å². The van der Waals surface area contributed by atoms with Gasteiger partial charge in [0.25, 0.3) is 0 Å². The van der Waals surface area contributed by atoms with Crippen LogP contribution < -0.4 is 5.32 Å². The molecule has 0 spiro atoms. The molecule has 4 nitrogen and oxygen atoms in total. The molecule has 1 aliphatic rings. The monoisotopic (exact) mass is 250 g/mol. The molecule has 0 amide bonds. The summed E-state index contributed by atoms with van der Waals surface area (Å²) in [5, 5.41) is 22.2. The van der Waals surface area contributed by atoms with Crippen LogP contribution >= 0.6 is 0 Å². The number of rotatable bonds is 3. The van der Waals surface area contributed by atoms with E-state index in [0.717, 1.165) is 25.2 Å². The molecule has 1 aromatic carbocycles. The van der Waals surface area contributed by atoms with E-state index in [1.165, 1.54) is 19.3 Å². The highest BCUT2D eigenvalue weighted by molar-refractivity contribution is 5.40. The van der Waals surface area contributed by atoms with Crippen molar-refractivity contribution < 1.29 is 10.2 Å². The van der Waals surface area contributed by atoms with Crippen molar-refractivity contribution in [2.24, 2.45) is 0 Å². The number of hydrogen-bond acceptors (Lipinski definition) is 4. The number of nitrogens with zero attached hydrogens (tertiary/aromatic N) is 1. The van der Waals surface area contributed by atoms with Gasteiger partial charge in [-0.3, -0.25) is 4.90 Å². The Bertz CT molecular complexity index is 387. The predicted octanol–water partition coefficient (Wildman–Crippen LogP) is 1.67. The minimum atomic E-state index is -0.0555. The van der Waals surface area contributed by atoms with Crippen molar-refractivity contribution in [1.29, 1.82) is 0 Å². The Morgan fingerprint density at radius 2 is 2.06 bits per heavy atom. The average molecular weight is 250 g/mol. The Morgan fingerprint density at radius 1 is 1.22 bits per heavy atom. The highest BCUT2D eigenvalue weighted by Crippen LogP contribution is 2.26. The molecule has 0 saturated carbocycles. The third kappa shape index (κ3) is 3.37. The summed E-state index contributed by atoms with van der Waals surface area (Å²) >= 11 is 0. The van der Waals surface area contributed by atoms with Crippen LogP contribution in [0.4, 0.5) is 0 Å². The van der Waals surface area contributed by atoms with E-state index < -0.39 is 0 Å². The number of benzene rings is 1. The summed E-state index contributed by atoms with van der Waals surface area (Å²) in [6.07, 6.45) is 3.60. The molecule has 3 N–H and O–H groups in total. The van der Waals surface area contributed by atoms with Crippen LogP contribution in [0.2, 0.25) is 0 Å². The summed E-state index contributed by atoms with van der Waals surface area (Å²) in [5.41, 5.74) is 1.03. The molecule has 1 saturated heterocycles. The fourth-order valence-corrected chi connectivity index (χ4v) is 2.53. The third-order valence-corrected chi connectivity index (χ3v) is 3.64. The molecule has 1 atom stereocenters. The van der Waals surface area contributed by atoms with Gasteiger partial charge < -0.3 is 15.5 Å². The predicted molar refractivity (Wildman–Crippen MR) is 71.7 cm³/mol. The van der Waals surface area contributed by atoms with Crippen molar-refractivity contribution in [3.05, 3.63) is 23.8 Å². The summed E-state index contributed by atoms with van der Waals surface area (Å²) in [6, 6.07) is 5.64. The Hall–Kier alpha value is -1.26. The second kappa shape index (κ2) is 6.07. The summed E-state index contributed by atoms with van der Waals surface area (Å²) in [4.78, 5) is 2.33. The van der Waals surface area contributed by atoms with Crippen molar-refractivity contribution >= 4 is 0 Å². The lowest BCUT2D eigenvalue weighted by molar-refractivity contribution is 0.216. The molecule has 1 aliphatic heterocycles. The van der Waals surface area contributed by atoms with Gasteiger partial charge in [0.1, 0.15) is 0 Å². The lowest BCUT2D eigenvalue weighted by Crippen LogP contribution is -2.31. The maximum absolute atomic E-state index is 9.49. The minimum absolute atomic E-state index is 0.0385. The minimum Gasteiger partial charge on any atom is -0.504 e. The largest absolute Gasteiger partial charge is 0.504 e. The molecule has 0 aromatic heterocycles. The van der Waals surface area contributed by atoms with E-state index in [0.29, 0.717) is 6.04 Å². The SMILES string of the molecule is CN(Cc1ccc(O)c(O)c1)C1CCCNCC1. The van der Waals surface area contributed by atoms with Gasteiger partial charge in [0.15, 0.2) is 11.5 Å². The normalized spacial score (nSPS) is 20.9. The van der Waals surface area contributed by atoms with Crippen molar-refractivity contribution in [3.63, 3.8) is 0 Å². The van der Waals surface area contributed by atoms with E-state index in [-0.39, 0.29) is 11.5 Å². The summed E-state index contributed by atoms with van der Waals surface area (Å²) in [7, 11) is 2.12. The van der Waals surface area contributed by atoms with Crippen molar-refractivity contribution in [3.8, 4) is 11.5 Å². The zero-order valence-electron chi connectivity index (χ0n) is 10.9. The molecular formula is C14H22N2O2. The average Bonchev–Trinajstić information content (AvgIpc) is 2.62. The first-order valence-corrected chi connectivity index (χ1v) is 6.58. The summed E-state index contributed by atoms with van der Waals surface area (Å²) in [5.74, 6) is -0.0940. The summed E-state index contributed by atoms with van der Waals surface area (Å²) in [6.45, 7) is 3.00. The molecule has 100 valence electrons. The van der Waals surface area contributed by atoms with Gasteiger partial charge in [0, 0.05) is 12.6 Å². The zero-order valence-corrected chi connectivity index (χ0v) is 10.9. The van der Waals surface area contributed by atoms with Crippen LogP contribution in [0.15, 0.2) is 18.2 Å².